The Bertz CT molecular complexity index is 155. The lowest BCUT2D eigenvalue weighted by atomic mass is 9.95. The van der Waals surface area contributed by atoms with Crippen LogP contribution in [0.3, 0.4) is 0 Å². The summed E-state index contributed by atoms with van der Waals surface area (Å²) in [4.78, 5) is 0. The molecule has 0 saturated carbocycles. The van der Waals surface area contributed by atoms with Crippen molar-refractivity contribution in [1.29, 1.82) is 5.26 Å². The van der Waals surface area contributed by atoms with Gasteiger partial charge < -0.3 is 5.11 Å². The Kier molecular flexibility index (Phi) is 3.74. The van der Waals surface area contributed by atoms with E-state index in [0.29, 0.717) is 6.42 Å². The topological polar surface area (TPSA) is 44.0 Å². The van der Waals surface area contributed by atoms with Crippen LogP contribution in [-0.2, 0) is 0 Å². The molecule has 1 N–H and O–H groups in total. The second-order valence-corrected chi connectivity index (χ2v) is 4.10. The second kappa shape index (κ2) is 4.63. The van der Waals surface area contributed by atoms with E-state index in [2.05, 4.69) is 6.07 Å². The van der Waals surface area contributed by atoms with Crippen LogP contribution >= 0.6 is 11.8 Å². The second-order valence-electron chi connectivity index (χ2n) is 2.88. The lowest BCUT2D eigenvalue weighted by Gasteiger charge is -2.15. The average Bonchev–Trinajstić information content (AvgIpc) is 2.18. The number of rotatable bonds is 1. The van der Waals surface area contributed by atoms with Gasteiger partial charge in [0.25, 0.3) is 0 Å². The van der Waals surface area contributed by atoms with Crippen LogP contribution in [0.25, 0.3) is 0 Å². The fraction of sp³-hybridized carbons (Fsp3) is 0.875. The average molecular weight is 171 g/mol. The predicted octanol–water partition coefficient (Wildman–Crippen LogP) is 1.40. The molecule has 1 saturated heterocycles. The summed E-state index contributed by atoms with van der Waals surface area (Å²) in [5.74, 6) is 2.38. The maximum atomic E-state index is 9.52. The Balaban J connectivity index is 2.40. The van der Waals surface area contributed by atoms with E-state index in [1.807, 2.05) is 11.8 Å². The standard InChI is InChI=1S/C8H13NOS/c9-4-1-7-2-5-11-6-3-8(7)10/h7-8,10H,1-3,5-6H2/t7-,8-/m0/s1. The molecule has 0 unspecified atom stereocenters. The monoisotopic (exact) mass is 171 g/mol. The van der Waals surface area contributed by atoms with Gasteiger partial charge in [-0.1, -0.05) is 0 Å². The Morgan fingerprint density at radius 3 is 2.91 bits per heavy atom. The van der Waals surface area contributed by atoms with Crippen LogP contribution in [0.5, 0.6) is 0 Å². The lowest BCUT2D eigenvalue weighted by molar-refractivity contribution is 0.107. The molecular formula is C8H13NOS. The number of nitrogens with zero attached hydrogens (tertiary/aromatic N) is 1. The van der Waals surface area contributed by atoms with Crippen molar-refractivity contribution < 1.29 is 5.11 Å². The highest BCUT2D eigenvalue weighted by Gasteiger charge is 2.20. The third-order valence-electron chi connectivity index (χ3n) is 2.09. The first-order valence-electron chi connectivity index (χ1n) is 3.97. The van der Waals surface area contributed by atoms with Crippen LogP contribution in [0.4, 0.5) is 0 Å². The first-order valence-corrected chi connectivity index (χ1v) is 5.13. The molecule has 0 aromatic rings. The van der Waals surface area contributed by atoms with E-state index >= 15 is 0 Å². The van der Waals surface area contributed by atoms with Gasteiger partial charge in [-0.05, 0) is 30.3 Å². The Hall–Kier alpha value is -0.200. The minimum absolute atomic E-state index is 0.231. The van der Waals surface area contributed by atoms with Gasteiger partial charge in [-0.3, -0.25) is 0 Å². The predicted molar refractivity (Wildman–Crippen MR) is 46.3 cm³/mol. The van der Waals surface area contributed by atoms with Crippen molar-refractivity contribution in [3.05, 3.63) is 0 Å². The molecule has 0 spiro atoms. The van der Waals surface area contributed by atoms with Gasteiger partial charge in [0.2, 0.25) is 0 Å². The molecule has 11 heavy (non-hydrogen) atoms. The van der Waals surface area contributed by atoms with Crippen molar-refractivity contribution in [2.45, 2.75) is 25.4 Å². The zero-order valence-electron chi connectivity index (χ0n) is 6.49. The van der Waals surface area contributed by atoms with E-state index in [1.54, 1.807) is 0 Å². The largest absolute Gasteiger partial charge is 0.393 e. The van der Waals surface area contributed by atoms with Gasteiger partial charge in [0.15, 0.2) is 0 Å². The highest BCUT2D eigenvalue weighted by atomic mass is 32.2. The molecule has 0 aromatic heterocycles. The molecule has 0 aromatic carbocycles. The van der Waals surface area contributed by atoms with Crippen molar-refractivity contribution >= 4 is 11.8 Å². The summed E-state index contributed by atoms with van der Waals surface area (Å²) in [5, 5.41) is 18.0. The molecule has 3 heteroatoms. The molecule has 62 valence electrons. The molecule has 1 heterocycles. The van der Waals surface area contributed by atoms with E-state index in [-0.39, 0.29) is 12.0 Å². The highest BCUT2D eigenvalue weighted by Crippen LogP contribution is 2.24. The van der Waals surface area contributed by atoms with Gasteiger partial charge in [0.1, 0.15) is 0 Å². The maximum absolute atomic E-state index is 9.52. The SMILES string of the molecule is N#CC[C@H]1CCSCC[C@@H]1O. The number of aliphatic hydroxyl groups is 1. The van der Waals surface area contributed by atoms with Gasteiger partial charge >= 0.3 is 0 Å². The van der Waals surface area contributed by atoms with Crippen molar-refractivity contribution in [3.8, 4) is 6.07 Å². The van der Waals surface area contributed by atoms with Crippen LogP contribution in [0.1, 0.15) is 19.3 Å². The minimum Gasteiger partial charge on any atom is -0.393 e. The van der Waals surface area contributed by atoms with E-state index in [9.17, 15) is 5.11 Å². The Morgan fingerprint density at radius 2 is 2.18 bits per heavy atom. The fourth-order valence-corrected chi connectivity index (χ4v) is 2.41. The summed E-state index contributed by atoms with van der Waals surface area (Å²) in [6.07, 6.45) is 2.14. The van der Waals surface area contributed by atoms with Gasteiger partial charge in [-0.25, -0.2) is 0 Å². The van der Waals surface area contributed by atoms with Crippen molar-refractivity contribution in [2.24, 2.45) is 5.92 Å². The van der Waals surface area contributed by atoms with Crippen LogP contribution < -0.4 is 0 Å². The van der Waals surface area contributed by atoms with E-state index in [1.165, 1.54) is 0 Å². The normalized spacial score (nSPS) is 32.4. The smallest absolute Gasteiger partial charge is 0.0625 e. The zero-order valence-corrected chi connectivity index (χ0v) is 7.31. The van der Waals surface area contributed by atoms with Gasteiger partial charge in [0.05, 0.1) is 12.2 Å². The fourth-order valence-electron chi connectivity index (χ4n) is 1.32. The van der Waals surface area contributed by atoms with E-state index in [4.69, 9.17) is 5.26 Å². The molecule has 1 aliphatic heterocycles. The molecule has 1 fully saturated rings. The molecule has 2 atom stereocenters. The van der Waals surface area contributed by atoms with Crippen molar-refractivity contribution in [3.63, 3.8) is 0 Å². The van der Waals surface area contributed by atoms with Crippen LogP contribution in [-0.4, -0.2) is 22.7 Å². The van der Waals surface area contributed by atoms with Crippen LogP contribution in [0.2, 0.25) is 0 Å². The Morgan fingerprint density at radius 1 is 1.45 bits per heavy atom. The molecular weight excluding hydrogens is 158 g/mol. The van der Waals surface area contributed by atoms with Gasteiger partial charge in [-0.2, -0.15) is 17.0 Å². The number of hydrogen-bond acceptors (Lipinski definition) is 3. The van der Waals surface area contributed by atoms with Crippen molar-refractivity contribution in [2.75, 3.05) is 11.5 Å². The van der Waals surface area contributed by atoms with Crippen molar-refractivity contribution in [1.82, 2.24) is 0 Å². The van der Waals surface area contributed by atoms with E-state index in [0.717, 1.165) is 24.3 Å². The summed E-state index contributed by atoms with van der Waals surface area (Å²) < 4.78 is 0. The first kappa shape index (κ1) is 8.89. The van der Waals surface area contributed by atoms with Gasteiger partial charge in [0, 0.05) is 6.42 Å². The summed E-state index contributed by atoms with van der Waals surface area (Å²) in [6, 6.07) is 2.13. The quantitative estimate of drug-likeness (QED) is 0.648. The molecule has 0 amide bonds. The lowest BCUT2D eigenvalue weighted by Crippen LogP contribution is -2.19. The van der Waals surface area contributed by atoms with E-state index < -0.39 is 0 Å². The molecule has 0 bridgehead atoms. The Labute approximate surface area is 71.6 Å². The molecule has 0 aliphatic carbocycles. The number of thioether (sulfide) groups is 1. The number of aliphatic hydroxyl groups excluding tert-OH is 1. The van der Waals surface area contributed by atoms with Crippen LogP contribution in [0, 0.1) is 17.2 Å². The molecule has 1 aliphatic rings. The minimum atomic E-state index is -0.232. The summed E-state index contributed by atoms with van der Waals surface area (Å²) in [7, 11) is 0. The number of hydrogen-bond donors (Lipinski definition) is 1. The summed E-state index contributed by atoms with van der Waals surface area (Å²) in [5.41, 5.74) is 0. The summed E-state index contributed by atoms with van der Waals surface area (Å²) >= 11 is 1.88. The number of nitriles is 1. The first-order chi connectivity index (χ1) is 5.34. The van der Waals surface area contributed by atoms with Crippen LogP contribution in [0.15, 0.2) is 0 Å². The third kappa shape index (κ3) is 2.72. The third-order valence-corrected chi connectivity index (χ3v) is 3.14. The molecule has 2 nitrogen and oxygen atoms in total. The highest BCUT2D eigenvalue weighted by molar-refractivity contribution is 7.99. The van der Waals surface area contributed by atoms with Gasteiger partial charge in [-0.15, -0.1) is 0 Å². The maximum Gasteiger partial charge on any atom is 0.0625 e. The zero-order chi connectivity index (χ0) is 8.10. The molecule has 0 radical (unpaired) electrons. The molecule has 1 rings (SSSR count). The summed E-state index contributed by atoms with van der Waals surface area (Å²) in [6.45, 7) is 0.